The number of para-hydroxylation sites is 1. The molecule has 53 heavy (non-hydrogen) atoms. The maximum atomic E-state index is 5.28. The fourth-order valence-electron chi connectivity index (χ4n) is 7.36. The topological polar surface area (TPSA) is 51.6 Å². The van der Waals surface area contributed by atoms with Crippen LogP contribution in [-0.2, 0) is 0 Å². The third kappa shape index (κ3) is 5.08. The summed E-state index contributed by atoms with van der Waals surface area (Å²) in [6.45, 7) is 0. The minimum Gasteiger partial charge on any atom is -0.236 e. The Hall–Kier alpha value is -6.12. The molecule has 4 nitrogen and oxygen atoms in total. The Morgan fingerprint density at radius 2 is 0.925 bits per heavy atom. The zero-order chi connectivity index (χ0) is 34.9. The number of rotatable bonds is 5. The first-order chi connectivity index (χ1) is 26.2. The van der Waals surface area contributed by atoms with Gasteiger partial charge in [-0.05, 0) is 47.5 Å². The Kier molecular flexibility index (Phi) is 7.05. The van der Waals surface area contributed by atoms with Gasteiger partial charge < -0.3 is 0 Å². The number of thiazole rings is 1. The molecule has 11 aromatic rings. The van der Waals surface area contributed by atoms with E-state index in [1.165, 1.54) is 45.2 Å². The van der Waals surface area contributed by atoms with Crippen molar-refractivity contribution >= 4 is 84.6 Å². The van der Waals surface area contributed by atoms with Gasteiger partial charge >= 0.3 is 0 Å². The fourth-order valence-corrected chi connectivity index (χ4v) is 10.8. The molecule has 0 atom stereocenters. The summed E-state index contributed by atoms with van der Waals surface area (Å²) in [5.41, 5.74) is 7.36. The Balaban J connectivity index is 1.12. The van der Waals surface area contributed by atoms with E-state index < -0.39 is 0 Å². The van der Waals surface area contributed by atoms with Crippen molar-refractivity contribution in [3.05, 3.63) is 158 Å². The molecule has 4 heterocycles. The Labute approximate surface area is 316 Å². The first kappa shape index (κ1) is 30.5. The largest absolute Gasteiger partial charge is 0.236 e. The monoisotopic (exact) mass is 730 g/mol. The van der Waals surface area contributed by atoms with Crippen LogP contribution in [0.5, 0.6) is 0 Å². The molecule has 0 aliphatic heterocycles. The molecule has 0 aliphatic carbocycles. The van der Waals surface area contributed by atoms with Crippen molar-refractivity contribution in [3.63, 3.8) is 0 Å². The highest BCUT2D eigenvalue weighted by Crippen LogP contribution is 2.46. The number of nitrogens with zero attached hydrogens (tertiary/aromatic N) is 4. The highest BCUT2D eigenvalue weighted by molar-refractivity contribution is 7.26. The molecule has 0 saturated heterocycles. The number of aromatic nitrogens is 4. The third-order valence-corrected chi connectivity index (χ3v) is 13.2. The van der Waals surface area contributed by atoms with Gasteiger partial charge in [-0.25, -0.2) is 19.9 Å². The summed E-state index contributed by atoms with van der Waals surface area (Å²) in [6, 6.07) is 55.4. The highest BCUT2D eigenvalue weighted by Gasteiger charge is 2.20. The summed E-state index contributed by atoms with van der Waals surface area (Å²) in [7, 11) is 0. The number of hydrogen-bond donors (Lipinski definition) is 0. The van der Waals surface area contributed by atoms with Gasteiger partial charge in [0, 0.05) is 62.6 Å². The number of thiophene rings is 2. The molecule has 7 aromatic carbocycles. The molecule has 11 rings (SSSR count). The van der Waals surface area contributed by atoms with Gasteiger partial charge in [-0.2, -0.15) is 0 Å². The molecule has 0 bridgehead atoms. The van der Waals surface area contributed by atoms with Gasteiger partial charge in [-0.1, -0.05) is 121 Å². The smallest absolute Gasteiger partial charge is 0.164 e. The number of hydrogen-bond acceptors (Lipinski definition) is 7. The average Bonchev–Trinajstić information content (AvgIpc) is 3.94. The standard InChI is InChI=1S/C46H26N4S3/c1-2-12-27(13-3-1)43-48-44(29-15-8-14-28(26-29)30-17-9-18-32-31-16-4-6-22-36(31)52-42(30)32)50-45(49-43)33-19-10-24-38-40(33)41-34(20-11-25-39(41)51-38)46-47-35-21-5-7-23-37(35)53-46/h1-26H. The third-order valence-electron chi connectivity index (χ3n) is 9.79. The second-order valence-corrected chi connectivity index (χ2v) is 16.1. The molecule has 0 fully saturated rings. The van der Waals surface area contributed by atoms with E-state index in [0.29, 0.717) is 17.5 Å². The van der Waals surface area contributed by atoms with Crippen molar-refractivity contribution in [1.82, 2.24) is 19.9 Å². The lowest BCUT2D eigenvalue weighted by Crippen LogP contribution is -2.00. The van der Waals surface area contributed by atoms with Crippen LogP contribution in [0.3, 0.4) is 0 Å². The van der Waals surface area contributed by atoms with Gasteiger partial charge in [0.1, 0.15) is 5.01 Å². The molecule has 248 valence electrons. The summed E-state index contributed by atoms with van der Waals surface area (Å²) >= 11 is 5.37. The number of benzene rings is 7. The lowest BCUT2D eigenvalue weighted by atomic mass is 10.00. The molecular weight excluding hydrogens is 705 g/mol. The molecule has 4 aromatic heterocycles. The molecule has 0 spiro atoms. The minimum absolute atomic E-state index is 0.641. The van der Waals surface area contributed by atoms with Crippen LogP contribution in [0.2, 0.25) is 0 Å². The zero-order valence-electron chi connectivity index (χ0n) is 28.0. The van der Waals surface area contributed by atoms with E-state index in [2.05, 4.69) is 133 Å². The normalized spacial score (nSPS) is 11.8. The number of fused-ring (bicyclic) bond motifs is 7. The predicted octanol–water partition coefficient (Wildman–Crippen LogP) is 13.6. The van der Waals surface area contributed by atoms with Gasteiger partial charge in [-0.3, -0.25) is 0 Å². The molecule has 0 unspecified atom stereocenters. The van der Waals surface area contributed by atoms with Crippen molar-refractivity contribution in [2.24, 2.45) is 0 Å². The lowest BCUT2D eigenvalue weighted by Gasteiger charge is -2.11. The summed E-state index contributed by atoms with van der Waals surface area (Å²) < 4.78 is 6.16. The molecular formula is C46H26N4S3. The highest BCUT2D eigenvalue weighted by atomic mass is 32.1. The molecule has 0 amide bonds. The van der Waals surface area contributed by atoms with Crippen LogP contribution in [0.15, 0.2) is 158 Å². The van der Waals surface area contributed by atoms with Crippen LogP contribution >= 0.6 is 34.0 Å². The van der Waals surface area contributed by atoms with Crippen molar-refractivity contribution < 1.29 is 0 Å². The summed E-state index contributed by atoms with van der Waals surface area (Å²) in [6.07, 6.45) is 0. The Morgan fingerprint density at radius 3 is 1.77 bits per heavy atom. The predicted molar refractivity (Wildman–Crippen MR) is 226 cm³/mol. The van der Waals surface area contributed by atoms with Gasteiger partial charge in [0.05, 0.1) is 10.2 Å². The quantitative estimate of drug-likeness (QED) is 0.177. The first-order valence-electron chi connectivity index (χ1n) is 17.4. The molecule has 0 aliphatic rings. The first-order valence-corrected chi connectivity index (χ1v) is 19.8. The molecule has 0 radical (unpaired) electrons. The van der Waals surface area contributed by atoms with Gasteiger partial charge in [0.25, 0.3) is 0 Å². The second-order valence-electron chi connectivity index (χ2n) is 13.0. The SMILES string of the molecule is c1ccc(-c2nc(-c3cccc(-c4cccc5c4sc4ccccc45)c3)nc(-c3cccc4sc5cccc(-c6nc7ccccc7s6)c5c34)n2)cc1. The van der Waals surface area contributed by atoms with Crippen LogP contribution in [0.4, 0.5) is 0 Å². The van der Waals surface area contributed by atoms with Gasteiger partial charge in [0.15, 0.2) is 17.5 Å². The van der Waals surface area contributed by atoms with Crippen molar-refractivity contribution in [3.8, 4) is 55.9 Å². The van der Waals surface area contributed by atoms with Gasteiger partial charge in [0.2, 0.25) is 0 Å². The van der Waals surface area contributed by atoms with E-state index in [1.54, 1.807) is 22.7 Å². The lowest BCUT2D eigenvalue weighted by molar-refractivity contribution is 1.08. The van der Waals surface area contributed by atoms with Crippen LogP contribution in [0, 0.1) is 0 Å². The van der Waals surface area contributed by atoms with Crippen molar-refractivity contribution in [2.45, 2.75) is 0 Å². The maximum absolute atomic E-state index is 5.28. The van der Waals surface area contributed by atoms with Crippen LogP contribution in [0.1, 0.15) is 0 Å². The Morgan fingerprint density at radius 1 is 0.340 bits per heavy atom. The summed E-state index contributed by atoms with van der Waals surface area (Å²) in [5, 5.41) is 5.91. The molecule has 0 N–H and O–H groups in total. The fraction of sp³-hybridized carbons (Fsp3) is 0. The second kappa shape index (κ2) is 12.2. The van der Waals surface area contributed by atoms with E-state index in [9.17, 15) is 0 Å². The van der Waals surface area contributed by atoms with E-state index in [0.717, 1.165) is 43.7 Å². The van der Waals surface area contributed by atoms with Gasteiger partial charge in [-0.15, -0.1) is 34.0 Å². The van der Waals surface area contributed by atoms with Crippen LogP contribution in [-0.4, -0.2) is 19.9 Å². The molecule has 7 heteroatoms. The van der Waals surface area contributed by atoms with E-state index >= 15 is 0 Å². The summed E-state index contributed by atoms with van der Waals surface area (Å²) in [5.74, 6) is 1.93. The average molecular weight is 731 g/mol. The molecule has 0 saturated carbocycles. The van der Waals surface area contributed by atoms with Crippen molar-refractivity contribution in [1.29, 1.82) is 0 Å². The summed E-state index contributed by atoms with van der Waals surface area (Å²) in [4.78, 5) is 20.7. The minimum atomic E-state index is 0.641. The van der Waals surface area contributed by atoms with Crippen molar-refractivity contribution in [2.75, 3.05) is 0 Å². The zero-order valence-corrected chi connectivity index (χ0v) is 30.5. The van der Waals surface area contributed by atoms with Crippen LogP contribution < -0.4 is 0 Å². The van der Waals surface area contributed by atoms with Crippen LogP contribution in [0.25, 0.3) is 106 Å². The maximum Gasteiger partial charge on any atom is 0.164 e. The van der Waals surface area contributed by atoms with E-state index in [1.807, 2.05) is 35.6 Å². The van der Waals surface area contributed by atoms with E-state index in [-0.39, 0.29) is 0 Å². The Bertz CT molecular complexity index is 3160. The van der Waals surface area contributed by atoms with E-state index in [4.69, 9.17) is 19.9 Å².